The summed E-state index contributed by atoms with van der Waals surface area (Å²) in [5, 5.41) is 16.9. The van der Waals surface area contributed by atoms with Gasteiger partial charge in [0.1, 0.15) is 36.7 Å². The summed E-state index contributed by atoms with van der Waals surface area (Å²) < 4.78 is 11.4. The van der Waals surface area contributed by atoms with Gasteiger partial charge in [-0.1, -0.05) is 26.3 Å². The third-order valence-corrected chi connectivity index (χ3v) is 6.93. The van der Waals surface area contributed by atoms with Gasteiger partial charge in [0.15, 0.2) is 11.5 Å². The van der Waals surface area contributed by atoms with Crippen LogP contribution in [0.25, 0.3) is 11.0 Å². The zero-order valence-corrected chi connectivity index (χ0v) is 19.6. The van der Waals surface area contributed by atoms with Crippen LogP contribution in [0, 0.1) is 11.3 Å². The number of ether oxygens (including phenoxy) is 2. The first-order valence-corrected chi connectivity index (χ1v) is 11.9. The van der Waals surface area contributed by atoms with Crippen molar-refractivity contribution in [2.75, 3.05) is 31.7 Å². The first kappa shape index (κ1) is 22.5. The highest BCUT2D eigenvalue weighted by molar-refractivity contribution is 5.99. The number of H-pyrrole nitrogens is 1. The molecule has 5 rings (SSSR count). The van der Waals surface area contributed by atoms with E-state index < -0.39 is 0 Å². The summed E-state index contributed by atoms with van der Waals surface area (Å²) in [6, 6.07) is 7.73. The van der Waals surface area contributed by atoms with Gasteiger partial charge >= 0.3 is 0 Å². The number of rotatable bonds is 8. The molecule has 0 spiro atoms. The molecule has 4 N–H and O–H groups in total. The van der Waals surface area contributed by atoms with E-state index in [0.29, 0.717) is 36.9 Å². The van der Waals surface area contributed by atoms with Crippen LogP contribution in [0.15, 0.2) is 30.6 Å². The van der Waals surface area contributed by atoms with Crippen molar-refractivity contribution in [2.45, 2.75) is 39.2 Å². The third kappa shape index (κ3) is 4.27. The van der Waals surface area contributed by atoms with Crippen molar-refractivity contribution in [3.8, 4) is 11.5 Å². The molecule has 1 aliphatic carbocycles. The number of anilines is 1. The number of aromatic amines is 1. The Labute approximate surface area is 198 Å². The van der Waals surface area contributed by atoms with E-state index in [1.54, 1.807) is 6.07 Å². The fourth-order valence-corrected chi connectivity index (χ4v) is 4.64. The molecule has 180 valence electrons. The van der Waals surface area contributed by atoms with Crippen molar-refractivity contribution < 1.29 is 19.4 Å². The molecule has 1 aliphatic heterocycles. The summed E-state index contributed by atoms with van der Waals surface area (Å²) in [4.78, 5) is 24.7. The molecule has 1 fully saturated rings. The number of carbonyl (C=O) groups is 1. The Kier molecular flexibility index (Phi) is 6.03. The molecule has 0 unspecified atom stereocenters. The highest BCUT2D eigenvalue weighted by Crippen LogP contribution is 2.40. The van der Waals surface area contributed by atoms with Crippen LogP contribution in [-0.4, -0.2) is 52.3 Å². The molecule has 0 radical (unpaired) electrons. The van der Waals surface area contributed by atoms with E-state index in [1.807, 2.05) is 18.2 Å². The molecule has 9 nitrogen and oxygen atoms in total. The van der Waals surface area contributed by atoms with Gasteiger partial charge in [-0.15, -0.1) is 0 Å². The number of carbonyl (C=O) groups excluding carboxylic acids is 1. The van der Waals surface area contributed by atoms with Crippen LogP contribution in [-0.2, 0) is 0 Å². The van der Waals surface area contributed by atoms with Crippen molar-refractivity contribution >= 4 is 22.8 Å². The summed E-state index contributed by atoms with van der Waals surface area (Å²) in [6.45, 7) is 5.93. The average molecular weight is 466 g/mol. The fraction of sp³-hybridized carbons (Fsp3) is 0.480. The number of aliphatic hydroxyl groups excluding tert-OH is 1. The lowest BCUT2D eigenvalue weighted by atomic mass is 9.69. The van der Waals surface area contributed by atoms with Crippen molar-refractivity contribution in [1.29, 1.82) is 0 Å². The molecule has 3 aromatic rings. The summed E-state index contributed by atoms with van der Waals surface area (Å²) in [7, 11) is 0. The number of aromatic nitrogens is 3. The third-order valence-electron chi connectivity index (χ3n) is 6.93. The number of benzene rings is 1. The molecule has 9 heteroatoms. The highest BCUT2D eigenvalue weighted by Gasteiger charge is 2.36. The Morgan fingerprint density at radius 1 is 1.18 bits per heavy atom. The Morgan fingerprint density at radius 2 is 1.97 bits per heavy atom. The van der Waals surface area contributed by atoms with Crippen molar-refractivity contribution in [3.63, 3.8) is 0 Å². The highest BCUT2D eigenvalue weighted by atomic mass is 16.6. The van der Waals surface area contributed by atoms with Crippen molar-refractivity contribution in [3.05, 3.63) is 41.9 Å². The van der Waals surface area contributed by atoms with Gasteiger partial charge in [0.05, 0.1) is 18.0 Å². The Hall–Kier alpha value is -3.33. The van der Waals surface area contributed by atoms with E-state index in [2.05, 4.69) is 39.4 Å². The van der Waals surface area contributed by atoms with Crippen LogP contribution in [0.1, 0.15) is 55.2 Å². The van der Waals surface area contributed by atoms with Gasteiger partial charge in [0.2, 0.25) is 0 Å². The van der Waals surface area contributed by atoms with E-state index in [9.17, 15) is 9.90 Å². The first-order valence-electron chi connectivity index (χ1n) is 11.9. The topological polar surface area (TPSA) is 121 Å². The Balaban J connectivity index is 1.37. The van der Waals surface area contributed by atoms with Gasteiger partial charge in [-0.25, -0.2) is 9.97 Å². The van der Waals surface area contributed by atoms with Gasteiger partial charge in [-0.05, 0) is 42.5 Å². The molecule has 34 heavy (non-hydrogen) atoms. The van der Waals surface area contributed by atoms with Gasteiger partial charge < -0.3 is 30.2 Å². The Bertz CT molecular complexity index is 1180. The molecule has 3 heterocycles. The number of hydrogen-bond donors (Lipinski definition) is 4. The molecule has 1 aromatic carbocycles. The first-order chi connectivity index (χ1) is 16.5. The molecule has 2 aromatic heterocycles. The number of amides is 1. The number of nitrogens with one attached hydrogen (secondary N) is 3. The maximum absolute atomic E-state index is 12.8. The second kappa shape index (κ2) is 9.13. The molecular weight excluding hydrogens is 434 g/mol. The van der Waals surface area contributed by atoms with Crippen molar-refractivity contribution in [1.82, 2.24) is 20.3 Å². The van der Waals surface area contributed by atoms with Gasteiger partial charge in [-0.2, -0.15) is 0 Å². The zero-order chi connectivity index (χ0) is 23.7. The lowest BCUT2D eigenvalue weighted by Gasteiger charge is -2.40. The lowest BCUT2D eigenvalue weighted by Crippen LogP contribution is -2.44. The van der Waals surface area contributed by atoms with Crippen molar-refractivity contribution in [2.24, 2.45) is 11.3 Å². The van der Waals surface area contributed by atoms with E-state index in [4.69, 9.17) is 9.47 Å². The number of fused-ring (bicyclic) bond motifs is 2. The minimum atomic E-state index is -0.212. The van der Waals surface area contributed by atoms with Gasteiger partial charge in [0.25, 0.3) is 5.91 Å². The summed E-state index contributed by atoms with van der Waals surface area (Å²) in [6.07, 6.45) is 4.45. The fourth-order valence-electron chi connectivity index (χ4n) is 4.64. The monoisotopic (exact) mass is 465 g/mol. The van der Waals surface area contributed by atoms with E-state index in [1.165, 1.54) is 6.33 Å². The predicted octanol–water partition coefficient (Wildman–Crippen LogP) is 3.43. The SMILES string of the molecule is CC(C)[C@@H](Nc1ncnc2[nH]c(C(=O)NCC3(CO)CCC3)cc12)c1ccc2c(c1)OCCO2. The molecular formula is C25H31N5O4. The Morgan fingerprint density at radius 3 is 2.68 bits per heavy atom. The standard InChI is InChI=1S/C25H31N5O4/c1-15(2)21(16-4-5-19-20(10-16)34-9-8-33-19)30-23-17-11-18(29-22(17)27-14-28-23)24(32)26-12-25(13-31)6-3-7-25/h4-5,10-11,14-15,21,31H,3,6-9,12-13H2,1-2H3,(H,26,32)(H2,27,28,29,30)/t21-/m1/s1. The van der Waals surface area contributed by atoms with Crippen LogP contribution in [0.2, 0.25) is 0 Å². The van der Waals surface area contributed by atoms with E-state index >= 15 is 0 Å². The maximum Gasteiger partial charge on any atom is 0.267 e. The number of nitrogens with zero attached hydrogens (tertiary/aromatic N) is 2. The molecule has 1 amide bonds. The van der Waals surface area contributed by atoms with E-state index in [-0.39, 0.29) is 29.9 Å². The van der Waals surface area contributed by atoms with Crippen LogP contribution >= 0.6 is 0 Å². The predicted molar refractivity (Wildman–Crippen MR) is 128 cm³/mol. The lowest BCUT2D eigenvalue weighted by molar-refractivity contribution is 0.0428. The smallest absolute Gasteiger partial charge is 0.267 e. The van der Waals surface area contributed by atoms with Crippen LogP contribution in [0.5, 0.6) is 11.5 Å². The largest absolute Gasteiger partial charge is 0.486 e. The quantitative estimate of drug-likeness (QED) is 0.402. The number of aliphatic hydroxyl groups is 1. The van der Waals surface area contributed by atoms with Crippen LogP contribution in [0.3, 0.4) is 0 Å². The molecule has 0 bridgehead atoms. The van der Waals surface area contributed by atoms with Crippen LogP contribution in [0.4, 0.5) is 5.82 Å². The molecule has 0 saturated heterocycles. The van der Waals surface area contributed by atoms with Crippen LogP contribution < -0.4 is 20.1 Å². The minimum absolute atomic E-state index is 0.0378. The molecule has 1 atom stereocenters. The average Bonchev–Trinajstić information content (AvgIpc) is 3.27. The van der Waals surface area contributed by atoms with E-state index in [0.717, 1.165) is 41.7 Å². The second-order valence-corrected chi connectivity index (χ2v) is 9.63. The zero-order valence-electron chi connectivity index (χ0n) is 19.6. The molecule has 1 saturated carbocycles. The second-order valence-electron chi connectivity index (χ2n) is 9.63. The molecule has 2 aliphatic rings. The summed E-state index contributed by atoms with van der Waals surface area (Å²) in [5.41, 5.74) is 1.90. The summed E-state index contributed by atoms with van der Waals surface area (Å²) >= 11 is 0. The number of hydrogen-bond acceptors (Lipinski definition) is 7. The van der Waals surface area contributed by atoms with Gasteiger partial charge in [-0.3, -0.25) is 4.79 Å². The van der Waals surface area contributed by atoms with Gasteiger partial charge in [0, 0.05) is 12.0 Å². The minimum Gasteiger partial charge on any atom is -0.486 e. The normalized spacial score (nSPS) is 17.3. The summed E-state index contributed by atoms with van der Waals surface area (Å²) in [5.74, 6) is 2.20. The maximum atomic E-state index is 12.8.